The van der Waals surface area contributed by atoms with Gasteiger partial charge in [-0.05, 0) is 57.8 Å². The average molecular weight is 316 g/mol. The summed E-state index contributed by atoms with van der Waals surface area (Å²) in [6.45, 7) is 6.75. The summed E-state index contributed by atoms with van der Waals surface area (Å²) in [4.78, 5) is 14.5. The third-order valence-electron chi connectivity index (χ3n) is 4.74. The van der Waals surface area contributed by atoms with E-state index in [0.29, 0.717) is 23.3 Å². The van der Waals surface area contributed by atoms with Crippen LogP contribution in [0.1, 0.15) is 43.0 Å². The molecule has 0 spiro atoms. The van der Waals surface area contributed by atoms with E-state index >= 15 is 0 Å². The van der Waals surface area contributed by atoms with Gasteiger partial charge in [0.2, 0.25) is 0 Å². The van der Waals surface area contributed by atoms with Crippen LogP contribution in [0.3, 0.4) is 0 Å². The van der Waals surface area contributed by atoms with Crippen LogP contribution < -0.4 is 0 Å². The van der Waals surface area contributed by atoms with Crippen LogP contribution in [-0.4, -0.2) is 51.7 Å². The normalized spacial score (nSPS) is 17.0. The second-order valence-electron chi connectivity index (χ2n) is 6.49. The van der Waals surface area contributed by atoms with Crippen molar-refractivity contribution < 1.29 is 9.53 Å². The molecule has 0 amide bonds. The number of pyridine rings is 1. The molecule has 1 saturated heterocycles. The average Bonchev–Trinajstić information content (AvgIpc) is 2.97. The lowest BCUT2D eigenvalue weighted by Crippen LogP contribution is -2.39. The van der Waals surface area contributed by atoms with E-state index in [9.17, 15) is 4.79 Å². The minimum atomic E-state index is -0.355. The highest BCUT2D eigenvalue weighted by Crippen LogP contribution is 2.23. The molecule has 23 heavy (non-hydrogen) atoms. The smallest absolute Gasteiger partial charge is 0.355 e. The summed E-state index contributed by atoms with van der Waals surface area (Å²) < 4.78 is 6.71. The van der Waals surface area contributed by atoms with Gasteiger partial charge in [0.15, 0.2) is 5.65 Å². The Bertz CT molecular complexity index is 687. The molecule has 1 aliphatic heterocycles. The van der Waals surface area contributed by atoms with Gasteiger partial charge in [-0.2, -0.15) is 0 Å². The molecule has 1 fully saturated rings. The Balaban J connectivity index is 1.80. The highest BCUT2D eigenvalue weighted by atomic mass is 16.5. The van der Waals surface area contributed by atoms with Crippen LogP contribution in [0.4, 0.5) is 0 Å². The quantitative estimate of drug-likeness (QED) is 0.809. The number of ether oxygens (including phenoxy) is 1. The third kappa shape index (κ3) is 3.22. The summed E-state index contributed by atoms with van der Waals surface area (Å²) in [6.07, 6.45) is 3.17. The molecule has 0 aliphatic carbocycles. The van der Waals surface area contributed by atoms with E-state index in [4.69, 9.17) is 4.74 Å². The molecule has 3 heterocycles. The number of likely N-dealkylation sites (tertiary alicyclic amines) is 1. The topological polar surface area (TPSA) is 59.7 Å². The predicted octanol–water partition coefficient (Wildman–Crippen LogP) is 2.18. The summed E-state index contributed by atoms with van der Waals surface area (Å²) >= 11 is 0. The first kappa shape index (κ1) is 15.9. The molecule has 2 aromatic rings. The first-order valence-corrected chi connectivity index (χ1v) is 8.25. The predicted molar refractivity (Wildman–Crippen MR) is 87.5 cm³/mol. The number of carbonyl (C=O) groups excluding carboxylic acids is 1. The lowest BCUT2D eigenvalue weighted by Gasteiger charge is -2.34. The molecule has 0 radical (unpaired) electrons. The van der Waals surface area contributed by atoms with E-state index in [-0.39, 0.29) is 5.97 Å². The SMILES string of the molecule is COC(=O)c1cccc2nnc(CC3CCN(C(C)C)CC3)n12. The van der Waals surface area contributed by atoms with Gasteiger partial charge in [0.05, 0.1) is 7.11 Å². The molecule has 0 saturated carbocycles. The molecule has 3 rings (SSSR count). The van der Waals surface area contributed by atoms with Crippen molar-refractivity contribution in [1.82, 2.24) is 19.5 Å². The number of aromatic nitrogens is 3. The molecular weight excluding hydrogens is 292 g/mol. The zero-order chi connectivity index (χ0) is 16.4. The molecule has 124 valence electrons. The van der Waals surface area contributed by atoms with Crippen molar-refractivity contribution in [3.8, 4) is 0 Å². The molecule has 6 heteroatoms. The second-order valence-corrected chi connectivity index (χ2v) is 6.49. The maximum absolute atomic E-state index is 12.0. The van der Waals surface area contributed by atoms with Crippen LogP contribution >= 0.6 is 0 Å². The van der Waals surface area contributed by atoms with Crippen molar-refractivity contribution in [3.05, 3.63) is 29.7 Å². The maximum Gasteiger partial charge on any atom is 0.355 e. The number of fused-ring (bicyclic) bond motifs is 1. The van der Waals surface area contributed by atoms with Gasteiger partial charge in [-0.3, -0.25) is 4.40 Å². The summed E-state index contributed by atoms with van der Waals surface area (Å²) in [5.74, 6) is 1.08. The molecular formula is C17H24N4O2. The largest absolute Gasteiger partial charge is 0.464 e. The summed E-state index contributed by atoms with van der Waals surface area (Å²) in [5.41, 5.74) is 1.19. The van der Waals surface area contributed by atoms with Gasteiger partial charge in [0.1, 0.15) is 11.5 Å². The molecule has 0 bridgehead atoms. The highest BCUT2D eigenvalue weighted by molar-refractivity contribution is 5.88. The van der Waals surface area contributed by atoms with Gasteiger partial charge in [-0.1, -0.05) is 6.07 Å². The molecule has 0 atom stereocenters. The number of nitrogens with zero attached hydrogens (tertiary/aromatic N) is 4. The molecule has 0 N–H and O–H groups in total. The van der Waals surface area contributed by atoms with Gasteiger partial charge < -0.3 is 9.64 Å². The van der Waals surface area contributed by atoms with Gasteiger partial charge in [-0.25, -0.2) is 4.79 Å². The molecule has 0 aromatic carbocycles. The van der Waals surface area contributed by atoms with Crippen molar-refractivity contribution in [2.75, 3.05) is 20.2 Å². The number of carbonyl (C=O) groups is 1. The number of hydrogen-bond donors (Lipinski definition) is 0. The minimum Gasteiger partial charge on any atom is -0.464 e. The summed E-state index contributed by atoms with van der Waals surface area (Å²) in [6, 6.07) is 6.04. The van der Waals surface area contributed by atoms with Gasteiger partial charge >= 0.3 is 5.97 Å². The van der Waals surface area contributed by atoms with Crippen molar-refractivity contribution in [3.63, 3.8) is 0 Å². The van der Waals surface area contributed by atoms with Crippen LogP contribution in [0.2, 0.25) is 0 Å². The molecule has 0 unspecified atom stereocenters. The number of esters is 1. The van der Waals surface area contributed by atoms with Crippen molar-refractivity contribution in [2.45, 2.75) is 39.2 Å². The first-order chi connectivity index (χ1) is 11.1. The Kier molecular flexibility index (Phi) is 4.61. The number of rotatable bonds is 4. The Morgan fingerprint density at radius 2 is 2.04 bits per heavy atom. The van der Waals surface area contributed by atoms with E-state index in [2.05, 4.69) is 28.9 Å². The van der Waals surface area contributed by atoms with Crippen molar-refractivity contribution >= 4 is 11.6 Å². The number of methoxy groups -OCH3 is 1. The highest BCUT2D eigenvalue weighted by Gasteiger charge is 2.23. The van der Waals surface area contributed by atoms with Crippen molar-refractivity contribution in [2.24, 2.45) is 5.92 Å². The Labute approximate surface area is 136 Å². The lowest BCUT2D eigenvalue weighted by molar-refractivity contribution is 0.0591. The van der Waals surface area contributed by atoms with E-state index in [0.717, 1.165) is 38.2 Å². The van der Waals surface area contributed by atoms with Crippen LogP contribution in [-0.2, 0) is 11.2 Å². The van der Waals surface area contributed by atoms with Crippen molar-refractivity contribution in [1.29, 1.82) is 0 Å². The Hall–Kier alpha value is -1.95. The fourth-order valence-corrected chi connectivity index (χ4v) is 3.33. The Morgan fingerprint density at radius 1 is 1.30 bits per heavy atom. The molecule has 2 aromatic heterocycles. The molecule has 6 nitrogen and oxygen atoms in total. The van der Waals surface area contributed by atoms with Crippen LogP contribution in [0, 0.1) is 5.92 Å². The number of piperidine rings is 1. The van der Waals surface area contributed by atoms with Gasteiger partial charge in [-0.15, -0.1) is 10.2 Å². The first-order valence-electron chi connectivity index (χ1n) is 8.25. The fourth-order valence-electron chi connectivity index (χ4n) is 3.33. The lowest BCUT2D eigenvalue weighted by atomic mass is 9.92. The zero-order valence-corrected chi connectivity index (χ0v) is 14.0. The van der Waals surface area contributed by atoms with Gasteiger partial charge in [0.25, 0.3) is 0 Å². The van der Waals surface area contributed by atoms with Crippen LogP contribution in [0.25, 0.3) is 5.65 Å². The van der Waals surface area contributed by atoms with Crippen LogP contribution in [0.15, 0.2) is 18.2 Å². The third-order valence-corrected chi connectivity index (χ3v) is 4.74. The van der Waals surface area contributed by atoms with E-state index in [1.54, 1.807) is 12.1 Å². The number of hydrogen-bond acceptors (Lipinski definition) is 5. The van der Waals surface area contributed by atoms with Gasteiger partial charge in [0, 0.05) is 12.5 Å². The van der Waals surface area contributed by atoms with E-state index in [1.165, 1.54) is 7.11 Å². The standard InChI is InChI=1S/C17H24N4O2/c1-12(2)20-9-7-13(8-10-20)11-16-19-18-15-6-4-5-14(21(15)16)17(22)23-3/h4-6,12-13H,7-11H2,1-3H3. The minimum absolute atomic E-state index is 0.355. The van der Waals surface area contributed by atoms with Crippen LogP contribution in [0.5, 0.6) is 0 Å². The summed E-state index contributed by atoms with van der Waals surface area (Å²) in [5, 5.41) is 8.51. The van der Waals surface area contributed by atoms with E-state index in [1.807, 2.05) is 10.5 Å². The maximum atomic E-state index is 12.0. The fraction of sp³-hybridized carbons (Fsp3) is 0.588. The summed E-state index contributed by atoms with van der Waals surface area (Å²) in [7, 11) is 1.40. The van der Waals surface area contributed by atoms with E-state index < -0.39 is 0 Å². The molecule has 1 aliphatic rings. The second kappa shape index (κ2) is 6.66. The zero-order valence-electron chi connectivity index (χ0n) is 14.0. The monoisotopic (exact) mass is 316 g/mol. The Morgan fingerprint density at radius 3 is 2.70 bits per heavy atom.